The Hall–Kier alpha value is -2.32. The first-order valence-corrected chi connectivity index (χ1v) is 6.67. The van der Waals surface area contributed by atoms with Crippen LogP contribution in [0.25, 0.3) is 5.69 Å². The monoisotopic (exact) mass is 268 g/mol. The van der Waals surface area contributed by atoms with E-state index < -0.39 is 0 Å². The molecule has 0 radical (unpaired) electrons. The molecule has 1 aromatic carbocycles. The predicted octanol–water partition coefficient (Wildman–Crippen LogP) is 1.89. The van der Waals surface area contributed by atoms with Crippen molar-refractivity contribution in [2.24, 2.45) is 0 Å². The van der Waals surface area contributed by atoms with Gasteiger partial charge in [0.1, 0.15) is 0 Å². The number of morpholine rings is 1. The molecule has 0 N–H and O–H groups in total. The molecule has 1 fully saturated rings. The summed E-state index contributed by atoms with van der Waals surface area (Å²) in [5, 5.41) is 13.5. The van der Waals surface area contributed by atoms with Gasteiger partial charge in [0.15, 0.2) is 5.82 Å². The van der Waals surface area contributed by atoms with E-state index in [-0.39, 0.29) is 0 Å². The third kappa shape index (κ3) is 2.38. The van der Waals surface area contributed by atoms with Gasteiger partial charge in [-0.25, -0.2) is 4.68 Å². The van der Waals surface area contributed by atoms with Crippen LogP contribution < -0.4 is 4.90 Å². The molecule has 0 unspecified atom stereocenters. The number of benzene rings is 1. The van der Waals surface area contributed by atoms with Crippen molar-refractivity contribution in [3.05, 3.63) is 41.6 Å². The lowest BCUT2D eigenvalue weighted by Gasteiger charge is -2.27. The largest absolute Gasteiger partial charge is 0.378 e. The first kappa shape index (κ1) is 12.7. The Morgan fingerprint density at radius 1 is 1.20 bits per heavy atom. The van der Waals surface area contributed by atoms with Gasteiger partial charge in [-0.3, -0.25) is 0 Å². The number of hydrogen-bond donors (Lipinski definition) is 0. The highest BCUT2D eigenvalue weighted by atomic mass is 16.5. The lowest BCUT2D eigenvalue weighted by Crippen LogP contribution is -2.36. The number of aryl methyl sites for hydroxylation is 1. The minimum atomic E-state index is 0.658. The highest BCUT2D eigenvalue weighted by Gasteiger charge is 2.16. The molecule has 5 heteroatoms. The van der Waals surface area contributed by atoms with Crippen LogP contribution >= 0.6 is 0 Å². The summed E-state index contributed by atoms with van der Waals surface area (Å²) >= 11 is 0. The zero-order valence-corrected chi connectivity index (χ0v) is 11.4. The van der Waals surface area contributed by atoms with Crippen molar-refractivity contribution in [2.45, 2.75) is 6.92 Å². The van der Waals surface area contributed by atoms with Gasteiger partial charge in [-0.15, -0.1) is 5.10 Å². The summed E-state index contributed by atoms with van der Waals surface area (Å²) in [5.41, 5.74) is 2.77. The van der Waals surface area contributed by atoms with E-state index in [1.54, 1.807) is 12.1 Å². The van der Waals surface area contributed by atoms with Gasteiger partial charge in [-0.05, 0) is 31.2 Å². The van der Waals surface area contributed by atoms with Gasteiger partial charge in [-0.2, -0.15) is 5.26 Å². The third-order valence-corrected chi connectivity index (χ3v) is 3.44. The molecule has 0 amide bonds. The molecule has 3 rings (SSSR count). The van der Waals surface area contributed by atoms with Crippen LogP contribution in [0.1, 0.15) is 11.1 Å². The standard InChI is InChI=1S/C15H16N4O/c1-12-11-19(14-4-2-13(10-16)3-5-14)17-15(12)18-6-8-20-9-7-18/h2-5,11H,6-9H2,1H3. The van der Waals surface area contributed by atoms with E-state index in [0.29, 0.717) is 5.56 Å². The number of nitrogens with zero attached hydrogens (tertiary/aromatic N) is 4. The average Bonchev–Trinajstić information content (AvgIpc) is 2.90. The van der Waals surface area contributed by atoms with Crippen molar-refractivity contribution in [3.63, 3.8) is 0 Å². The number of hydrogen-bond acceptors (Lipinski definition) is 4. The van der Waals surface area contributed by atoms with Crippen LogP contribution in [0, 0.1) is 18.3 Å². The Balaban J connectivity index is 1.89. The molecule has 0 bridgehead atoms. The fourth-order valence-corrected chi connectivity index (χ4v) is 2.36. The Bertz CT molecular complexity index is 633. The van der Waals surface area contributed by atoms with Crippen LogP contribution in [0.4, 0.5) is 5.82 Å². The molecule has 1 aromatic heterocycles. The van der Waals surface area contributed by atoms with Gasteiger partial charge in [0, 0.05) is 24.8 Å². The minimum absolute atomic E-state index is 0.658. The molecule has 1 saturated heterocycles. The molecule has 0 atom stereocenters. The summed E-state index contributed by atoms with van der Waals surface area (Å²) < 4.78 is 7.23. The molecule has 0 saturated carbocycles. The second-order valence-electron chi connectivity index (χ2n) is 4.84. The van der Waals surface area contributed by atoms with E-state index in [2.05, 4.69) is 23.0 Å². The molecule has 102 valence electrons. The van der Waals surface area contributed by atoms with Crippen LogP contribution in [0.3, 0.4) is 0 Å². The molecule has 0 aliphatic carbocycles. The van der Waals surface area contributed by atoms with E-state index in [0.717, 1.165) is 43.4 Å². The van der Waals surface area contributed by atoms with Gasteiger partial charge in [0.05, 0.1) is 30.5 Å². The molecule has 2 aromatic rings. The van der Waals surface area contributed by atoms with E-state index in [1.807, 2.05) is 23.0 Å². The second-order valence-corrected chi connectivity index (χ2v) is 4.84. The number of anilines is 1. The Morgan fingerprint density at radius 2 is 1.90 bits per heavy atom. The second kappa shape index (κ2) is 5.35. The van der Waals surface area contributed by atoms with Crippen LogP contribution in [0.2, 0.25) is 0 Å². The number of nitriles is 1. The van der Waals surface area contributed by atoms with Crippen molar-refractivity contribution in [3.8, 4) is 11.8 Å². The van der Waals surface area contributed by atoms with E-state index in [1.165, 1.54) is 0 Å². The molecule has 2 heterocycles. The highest BCUT2D eigenvalue weighted by Crippen LogP contribution is 2.21. The molecule has 20 heavy (non-hydrogen) atoms. The van der Waals surface area contributed by atoms with Crippen LogP contribution in [0.5, 0.6) is 0 Å². The predicted molar refractivity (Wildman–Crippen MR) is 76.0 cm³/mol. The zero-order chi connectivity index (χ0) is 13.9. The van der Waals surface area contributed by atoms with Crippen molar-refractivity contribution in [1.29, 1.82) is 5.26 Å². The highest BCUT2D eigenvalue weighted by molar-refractivity contribution is 5.48. The van der Waals surface area contributed by atoms with E-state index in [9.17, 15) is 0 Å². The summed E-state index contributed by atoms with van der Waals surface area (Å²) in [5.74, 6) is 1.01. The van der Waals surface area contributed by atoms with Crippen molar-refractivity contribution in [2.75, 3.05) is 31.2 Å². The maximum absolute atomic E-state index is 8.83. The van der Waals surface area contributed by atoms with E-state index >= 15 is 0 Å². The smallest absolute Gasteiger partial charge is 0.154 e. The lowest BCUT2D eigenvalue weighted by molar-refractivity contribution is 0.122. The van der Waals surface area contributed by atoms with E-state index in [4.69, 9.17) is 10.00 Å². The summed E-state index contributed by atoms with van der Waals surface area (Å²) in [6.45, 7) is 5.33. The van der Waals surface area contributed by atoms with Crippen LogP contribution in [-0.2, 0) is 4.74 Å². The SMILES string of the molecule is Cc1cn(-c2ccc(C#N)cc2)nc1N1CCOCC1. The maximum atomic E-state index is 8.83. The Kier molecular flexibility index (Phi) is 3.40. The molecular weight excluding hydrogens is 252 g/mol. The molecule has 1 aliphatic rings. The number of ether oxygens (including phenoxy) is 1. The fraction of sp³-hybridized carbons (Fsp3) is 0.333. The Morgan fingerprint density at radius 3 is 2.55 bits per heavy atom. The maximum Gasteiger partial charge on any atom is 0.154 e. The first-order chi connectivity index (χ1) is 9.78. The average molecular weight is 268 g/mol. The van der Waals surface area contributed by atoms with Crippen LogP contribution in [0.15, 0.2) is 30.5 Å². The Labute approximate surface area is 118 Å². The van der Waals surface area contributed by atoms with Gasteiger partial charge in [-0.1, -0.05) is 0 Å². The van der Waals surface area contributed by atoms with Gasteiger partial charge >= 0.3 is 0 Å². The normalized spacial score (nSPS) is 15.1. The molecule has 1 aliphatic heterocycles. The van der Waals surface area contributed by atoms with Crippen molar-refractivity contribution < 1.29 is 4.74 Å². The molecule has 5 nitrogen and oxygen atoms in total. The van der Waals surface area contributed by atoms with Gasteiger partial charge in [0.25, 0.3) is 0 Å². The zero-order valence-electron chi connectivity index (χ0n) is 11.4. The summed E-state index contributed by atoms with van der Waals surface area (Å²) in [6, 6.07) is 9.56. The van der Waals surface area contributed by atoms with Crippen LogP contribution in [-0.4, -0.2) is 36.1 Å². The lowest BCUT2D eigenvalue weighted by atomic mass is 10.2. The summed E-state index contributed by atoms with van der Waals surface area (Å²) in [4.78, 5) is 2.25. The number of aromatic nitrogens is 2. The quantitative estimate of drug-likeness (QED) is 0.834. The molecular formula is C15H16N4O. The number of rotatable bonds is 2. The van der Waals surface area contributed by atoms with Crippen molar-refractivity contribution >= 4 is 5.82 Å². The van der Waals surface area contributed by atoms with Gasteiger partial charge < -0.3 is 9.64 Å². The van der Waals surface area contributed by atoms with Gasteiger partial charge in [0.2, 0.25) is 0 Å². The topological polar surface area (TPSA) is 54.1 Å². The first-order valence-electron chi connectivity index (χ1n) is 6.67. The van der Waals surface area contributed by atoms with Crippen molar-refractivity contribution in [1.82, 2.24) is 9.78 Å². The fourth-order valence-electron chi connectivity index (χ4n) is 2.36. The summed E-state index contributed by atoms with van der Waals surface area (Å²) in [7, 11) is 0. The summed E-state index contributed by atoms with van der Waals surface area (Å²) in [6.07, 6.45) is 2.02. The molecule has 0 spiro atoms. The third-order valence-electron chi connectivity index (χ3n) is 3.44. The minimum Gasteiger partial charge on any atom is -0.378 e.